The summed E-state index contributed by atoms with van der Waals surface area (Å²) in [6.07, 6.45) is 0. The first kappa shape index (κ1) is 12.8. The molecule has 0 unspecified atom stereocenters. The molecule has 0 fully saturated rings. The fourth-order valence-electron chi connectivity index (χ4n) is 2.85. The standard InChI is InChI=1S/C20H16N2/c1-22-19-14-17(15-8-4-2-5-9-15)12-13-18(19)21-20(22)16-10-6-3-7-11-16/h2-14H,1H3. The lowest BCUT2D eigenvalue weighted by Gasteiger charge is -2.04. The number of nitrogens with zero attached hydrogens (tertiary/aromatic N) is 2. The molecular weight excluding hydrogens is 268 g/mol. The minimum Gasteiger partial charge on any atom is -0.327 e. The Kier molecular flexibility index (Phi) is 3.01. The Morgan fingerprint density at radius 2 is 1.32 bits per heavy atom. The van der Waals surface area contributed by atoms with Crippen molar-refractivity contribution in [1.82, 2.24) is 9.55 Å². The zero-order valence-corrected chi connectivity index (χ0v) is 12.4. The number of rotatable bonds is 2. The Labute approximate surface area is 129 Å². The summed E-state index contributed by atoms with van der Waals surface area (Å²) in [5.41, 5.74) is 5.77. The molecule has 1 heterocycles. The van der Waals surface area contributed by atoms with Crippen molar-refractivity contribution < 1.29 is 0 Å². The molecule has 4 aromatic rings. The highest BCUT2D eigenvalue weighted by molar-refractivity contribution is 5.85. The zero-order valence-electron chi connectivity index (χ0n) is 12.4. The van der Waals surface area contributed by atoms with Crippen molar-refractivity contribution in [1.29, 1.82) is 0 Å². The maximum absolute atomic E-state index is 4.78. The van der Waals surface area contributed by atoms with Gasteiger partial charge in [0, 0.05) is 12.6 Å². The van der Waals surface area contributed by atoms with Crippen molar-refractivity contribution in [2.45, 2.75) is 0 Å². The lowest BCUT2D eigenvalue weighted by Crippen LogP contribution is -1.92. The van der Waals surface area contributed by atoms with E-state index in [4.69, 9.17) is 4.98 Å². The minimum absolute atomic E-state index is 1.00. The summed E-state index contributed by atoms with van der Waals surface area (Å²) in [6, 6.07) is 27.2. The number of benzene rings is 3. The van der Waals surface area contributed by atoms with Crippen molar-refractivity contribution in [3.8, 4) is 22.5 Å². The van der Waals surface area contributed by atoms with Crippen LogP contribution in [0.15, 0.2) is 78.9 Å². The van der Waals surface area contributed by atoms with Crippen LogP contribution in [0.25, 0.3) is 33.5 Å². The van der Waals surface area contributed by atoms with Crippen LogP contribution < -0.4 is 0 Å². The van der Waals surface area contributed by atoms with E-state index in [1.807, 2.05) is 24.3 Å². The zero-order chi connectivity index (χ0) is 14.9. The molecule has 3 aromatic carbocycles. The average Bonchev–Trinajstić information content (AvgIpc) is 2.93. The number of aryl methyl sites for hydroxylation is 1. The van der Waals surface area contributed by atoms with E-state index in [0.29, 0.717) is 0 Å². The maximum atomic E-state index is 4.78. The molecule has 0 radical (unpaired) electrons. The van der Waals surface area contributed by atoms with Gasteiger partial charge < -0.3 is 4.57 Å². The van der Waals surface area contributed by atoms with Gasteiger partial charge in [-0.1, -0.05) is 66.7 Å². The van der Waals surface area contributed by atoms with Gasteiger partial charge in [0.25, 0.3) is 0 Å². The van der Waals surface area contributed by atoms with Crippen LogP contribution in [0.1, 0.15) is 0 Å². The van der Waals surface area contributed by atoms with Crippen LogP contribution in [0, 0.1) is 0 Å². The Morgan fingerprint density at radius 1 is 0.682 bits per heavy atom. The Bertz CT molecular complexity index is 922. The second kappa shape index (κ2) is 5.15. The van der Waals surface area contributed by atoms with E-state index in [1.54, 1.807) is 0 Å². The molecule has 106 valence electrons. The Hall–Kier alpha value is -2.87. The summed E-state index contributed by atoms with van der Waals surface area (Å²) in [6.45, 7) is 0. The van der Waals surface area contributed by atoms with Crippen LogP contribution in [-0.4, -0.2) is 9.55 Å². The van der Waals surface area contributed by atoms with Crippen molar-refractivity contribution >= 4 is 11.0 Å². The van der Waals surface area contributed by atoms with Gasteiger partial charge in [-0.05, 0) is 23.3 Å². The topological polar surface area (TPSA) is 17.8 Å². The van der Waals surface area contributed by atoms with E-state index in [0.717, 1.165) is 22.4 Å². The molecule has 2 nitrogen and oxygen atoms in total. The second-order valence-corrected chi connectivity index (χ2v) is 5.43. The van der Waals surface area contributed by atoms with E-state index in [9.17, 15) is 0 Å². The third-order valence-electron chi connectivity index (χ3n) is 4.02. The molecule has 2 heteroatoms. The predicted octanol–water partition coefficient (Wildman–Crippen LogP) is 4.91. The number of aromatic nitrogens is 2. The first-order valence-corrected chi connectivity index (χ1v) is 7.40. The Balaban J connectivity index is 1.89. The van der Waals surface area contributed by atoms with Gasteiger partial charge in [-0.25, -0.2) is 4.98 Å². The van der Waals surface area contributed by atoms with Gasteiger partial charge in [0.05, 0.1) is 11.0 Å². The quantitative estimate of drug-likeness (QED) is 0.511. The fourth-order valence-corrected chi connectivity index (χ4v) is 2.85. The molecule has 0 aliphatic heterocycles. The van der Waals surface area contributed by atoms with Crippen LogP contribution in [0.4, 0.5) is 0 Å². The molecule has 1 aromatic heterocycles. The predicted molar refractivity (Wildman–Crippen MR) is 91.6 cm³/mol. The highest BCUT2D eigenvalue weighted by Gasteiger charge is 2.10. The first-order valence-electron chi connectivity index (χ1n) is 7.40. The lowest BCUT2D eigenvalue weighted by molar-refractivity contribution is 0.959. The fraction of sp³-hybridized carbons (Fsp3) is 0.0500. The minimum atomic E-state index is 1.00. The summed E-state index contributed by atoms with van der Waals surface area (Å²) in [5.74, 6) is 1.00. The summed E-state index contributed by atoms with van der Waals surface area (Å²) in [7, 11) is 2.08. The van der Waals surface area contributed by atoms with E-state index in [1.165, 1.54) is 11.1 Å². The summed E-state index contributed by atoms with van der Waals surface area (Å²) < 4.78 is 2.16. The van der Waals surface area contributed by atoms with E-state index >= 15 is 0 Å². The summed E-state index contributed by atoms with van der Waals surface area (Å²) in [4.78, 5) is 4.78. The van der Waals surface area contributed by atoms with Gasteiger partial charge in [-0.3, -0.25) is 0 Å². The largest absolute Gasteiger partial charge is 0.327 e. The van der Waals surface area contributed by atoms with Crippen molar-refractivity contribution in [2.75, 3.05) is 0 Å². The molecule has 0 N–H and O–H groups in total. The van der Waals surface area contributed by atoms with Gasteiger partial charge in [-0.2, -0.15) is 0 Å². The van der Waals surface area contributed by atoms with Crippen LogP contribution in [0.2, 0.25) is 0 Å². The van der Waals surface area contributed by atoms with Gasteiger partial charge in [0.1, 0.15) is 5.82 Å². The molecule has 0 saturated carbocycles. The molecule has 0 aliphatic carbocycles. The summed E-state index contributed by atoms with van der Waals surface area (Å²) in [5, 5.41) is 0. The Morgan fingerprint density at radius 3 is 2.00 bits per heavy atom. The van der Waals surface area contributed by atoms with Gasteiger partial charge >= 0.3 is 0 Å². The molecule has 0 saturated heterocycles. The number of fused-ring (bicyclic) bond motifs is 1. The third-order valence-corrected chi connectivity index (χ3v) is 4.02. The molecule has 4 rings (SSSR count). The monoisotopic (exact) mass is 284 g/mol. The van der Waals surface area contributed by atoms with Crippen LogP contribution >= 0.6 is 0 Å². The highest BCUT2D eigenvalue weighted by atomic mass is 15.1. The smallest absolute Gasteiger partial charge is 0.140 e. The first-order chi connectivity index (χ1) is 10.8. The lowest BCUT2D eigenvalue weighted by atomic mass is 10.1. The molecule has 0 spiro atoms. The number of imidazole rings is 1. The maximum Gasteiger partial charge on any atom is 0.140 e. The third kappa shape index (κ3) is 2.09. The van der Waals surface area contributed by atoms with Gasteiger partial charge in [0.2, 0.25) is 0 Å². The van der Waals surface area contributed by atoms with Crippen molar-refractivity contribution in [2.24, 2.45) is 7.05 Å². The van der Waals surface area contributed by atoms with Crippen molar-refractivity contribution in [3.05, 3.63) is 78.9 Å². The summed E-state index contributed by atoms with van der Waals surface area (Å²) >= 11 is 0. The van der Waals surface area contributed by atoms with Crippen LogP contribution in [0.3, 0.4) is 0 Å². The second-order valence-electron chi connectivity index (χ2n) is 5.43. The van der Waals surface area contributed by atoms with Gasteiger partial charge in [-0.15, -0.1) is 0 Å². The van der Waals surface area contributed by atoms with Crippen LogP contribution in [-0.2, 0) is 7.05 Å². The number of hydrogen-bond acceptors (Lipinski definition) is 1. The number of hydrogen-bond donors (Lipinski definition) is 0. The SMILES string of the molecule is Cn1c(-c2ccccc2)nc2ccc(-c3ccccc3)cc21. The molecule has 0 bridgehead atoms. The molecule has 0 amide bonds. The molecule has 0 atom stereocenters. The van der Waals surface area contributed by atoms with Gasteiger partial charge in [0.15, 0.2) is 0 Å². The van der Waals surface area contributed by atoms with Crippen molar-refractivity contribution in [3.63, 3.8) is 0 Å². The average molecular weight is 284 g/mol. The molecular formula is C20H16N2. The van der Waals surface area contributed by atoms with E-state index in [2.05, 4.69) is 66.2 Å². The van der Waals surface area contributed by atoms with Crippen LogP contribution in [0.5, 0.6) is 0 Å². The highest BCUT2D eigenvalue weighted by Crippen LogP contribution is 2.27. The van der Waals surface area contributed by atoms with E-state index < -0.39 is 0 Å². The van der Waals surface area contributed by atoms with E-state index in [-0.39, 0.29) is 0 Å². The normalized spacial score (nSPS) is 11.0. The molecule has 22 heavy (non-hydrogen) atoms. The molecule has 0 aliphatic rings.